The molecule has 3 aromatic rings. The first-order valence-corrected chi connectivity index (χ1v) is 9.99. The van der Waals surface area contributed by atoms with E-state index in [1.54, 1.807) is 24.5 Å². The molecule has 0 saturated carbocycles. The Morgan fingerprint density at radius 1 is 1.38 bits per heavy atom. The lowest BCUT2D eigenvalue weighted by molar-refractivity contribution is -0.118. The number of benzene rings is 1. The highest BCUT2D eigenvalue weighted by Crippen LogP contribution is 2.28. The minimum Gasteiger partial charge on any atom is -0.378 e. The monoisotopic (exact) mass is 408 g/mol. The van der Waals surface area contributed by atoms with Crippen molar-refractivity contribution in [3.63, 3.8) is 0 Å². The van der Waals surface area contributed by atoms with E-state index < -0.39 is 0 Å². The van der Waals surface area contributed by atoms with Crippen molar-refractivity contribution in [2.24, 2.45) is 5.92 Å². The number of fused-ring (bicyclic) bond motifs is 1. The summed E-state index contributed by atoms with van der Waals surface area (Å²) in [5.74, 6) is 1.36. The fraction of sp³-hybridized carbons (Fsp3) is 0.333. The summed E-state index contributed by atoms with van der Waals surface area (Å²) < 4.78 is 0. The molecule has 148 valence electrons. The van der Waals surface area contributed by atoms with Crippen molar-refractivity contribution in [1.29, 1.82) is 5.26 Å². The van der Waals surface area contributed by atoms with Crippen LogP contribution in [0.25, 0.3) is 11.0 Å². The Kier molecular flexibility index (Phi) is 5.63. The minimum atomic E-state index is 0.143. The molecule has 0 spiro atoms. The summed E-state index contributed by atoms with van der Waals surface area (Å²) in [6.45, 7) is 1.95. The van der Waals surface area contributed by atoms with Crippen molar-refractivity contribution in [2.75, 3.05) is 29.9 Å². The average molecular weight is 409 g/mol. The van der Waals surface area contributed by atoms with Gasteiger partial charge in [-0.2, -0.15) is 5.26 Å². The van der Waals surface area contributed by atoms with Crippen molar-refractivity contribution >= 4 is 39.9 Å². The lowest BCUT2D eigenvalue weighted by Crippen LogP contribution is -2.37. The molecular formula is C21H21ClN6O. The van der Waals surface area contributed by atoms with Crippen molar-refractivity contribution in [3.05, 3.63) is 47.4 Å². The van der Waals surface area contributed by atoms with Crippen molar-refractivity contribution in [3.8, 4) is 6.07 Å². The number of aromatic amines is 1. The number of ketones is 1. The molecular weight excluding hydrogens is 388 g/mol. The van der Waals surface area contributed by atoms with Crippen LogP contribution in [0.15, 0.2) is 36.8 Å². The highest BCUT2D eigenvalue weighted by molar-refractivity contribution is 6.31. The Labute approximate surface area is 173 Å². The van der Waals surface area contributed by atoms with E-state index in [0.29, 0.717) is 22.7 Å². The number of anilines is 2. The standard InChI is InChI=1S/C21H21ClN6O/c22-16-6-15(10-23)7-17(9-16)25-11-18(29)8-14-2-1-5-28(12-14)21-19-3-4-24-20(19)26-13-27-21/h3-4,6-7,9,13-14,25H,1-2,5,8,11-12H2,(H,24,26,27)/t14-/m0/s1. The maximum Gasteiger partial charge on any atom is 0.152 e. The number of hydrogen-bond donors (Lipinski definition) is 2. The number of aromatic nitrogens is 3. The third-order valence-corrected chi connectivity index (χ3v) is 5.40. The molecule has 0 aliphatic carbocycles. The van der Waals surface area contributed by atoms with Gasteiger partial charge in [0, 0.05) is 36.4 Å². The van der Waals surface area contributed by atoms with E-state index in [1.165, 1.54) is 0 Å². The van der Waals surface area contributed by atoms with Gasteiger partial charge in [-0.3, -0.25) is 4.79 Å². The molecule has 4 rings (SSSR count). The number of carbonyl (C=O) groups excluding carboxylic acids is 1. The van der Waals surface area contributed by atoms with Crippen LogP contribution in [0.3, 0.4) is 0 Å². The molecule has 0 bridgehead atoms. The molecule has 3 heterocycles. The summed E-state index contributed by atoms with van der Waals surface area (Å²) in [6, 6.07) is 9.06. The van der Waals surface area contributed by atoms with Gasteiger partial charge in [0.1, 0.15) is 17.8 Å². The zero-order valence-electron chi connectivity index (χ0n) is 15.9. The van der Waals surface area contributed by atoms with Gasteiger partial charge in [0.05, 0.1) is 23.6 Å². The topological polar surface area (TPSA) is 97.7 Å². The van der Waals surface area contributed by atoms with Gasteiger partial charge in [-0.15, -0.1) is 0 Å². The Balaban J connectivity index is 1.36. The molecule has 1 saturated heterocycles. The van der Waals surface area contributed by atoms with Crippen LogP contribution in [0, 0.1) is 17.2 Å². The number of carbonyl (C=O) groups is 1. The maximum atomic E-state index is 12.5. The van der Waals surface area contributed by atoms with Gasteiger partial charge in [-0.05, 0) is 43.0 Å². The van der Waals surface area contributed by atoms with E-state index in [-0.39, 0.29) is 18.2 Å². The molecule has 7 nitrogen and oxygen atoms in total. The molecule has 0 radical (unpaired) electrons. The van der Waals surface area contributed by atoms with Gasteiger partial charge in [-0.1, -0.05) is 11.6 Å². The smallest absolute Gasteiger partial charge is 0.152 e. The van der Waals surface area contributed by atoms with Gasteiger partial charge < -0.3 is 15.2 Å². The third-order valence-electron chi connectivity index (χ3n) is 5.18. The summed E-state index contributed by atoms with van der Waals surface area (Å²) in [4.78, 5) is 26.6. The Morgan fingerprint density at radius 3 is 3.14 bits per heavy atom. The number of nitrogens with one attached hydrogen (secondary N) is 2. The average Bonchev–Trinajstić information content (AvgIpc) is 3.21. The third kappa shape index (κ3) is 4.49. The van der Waals surface area contributed by atoms with Crippen molar-refractivity contribution in [1.82, 2.24) is 15.0 Å². The van der Waals surface area contributed by atoms with Crippen LogP contribution in [-0.2, 0) is 4.79 Å². The first-order chi connectivity index (χ1) is 14.1. The highest BCUT2D eigenvalue weighted by atomic mass is 35.5. The molecule has 2 aromatic heterocycles. The lowest BCUT2D eigenvalue weighted by atomic mass is 9.92. The van der Waals surface area contributed by atoms with Crippen LogP contribution < -0.4 is 10.2 Å². The van der Waals surface area contributed by atoms with Crippen LogP contribution >= 0.6 is 11.6 Å². The second kappa shape index (κ2) is 8.50. The fourth-order valence-electron chi connectivity index (χ4n) is 3.89. The number of nitrogens with zero attached hydrogens (tertiary/aromatic N) is 4. The largest absolute Gasteiger partial charge is 0.378 e. The van der Waals surface area contributed by atoms with E-state index in [4.69, 9.17) is 16.9 Å². The van der Waals surface area contributed by atoms with Crippen LogP contribution in [0.1, 0.15) is 24.8 Å². The van der Waals surface area contributed by atoms with E-state index >= 15 is 0 Å². The zero-order valence-corrected chi connectivity index (χ0v) is 16.6. The molecule has 1 fully saturated rings. The first-order valence-electron chi connectivity index (χ1n) is 9.61. The molecule has 1 aliphatic heterocycles. The number of piperidine rings is 1. The second-order valence-corrected chi connectivity index (χ2v) is 7.76. The molecule has 0 amide bonds. The quantitative estimate of drug-likeness (QED) is 0.644. The van der Waals surface area contributed by atoms with Gasteiger partial charge in [0.15, 0.2) is 5.78 Å². The molecule has 1 aliphatic rings. The van der Waals surface area contributed by atoms with Crippen LogP contribution in [-0.4, -0.2) is 40.4 Å². The minimum absolute atomic E-state index is 0.143. The van der Waals surface area contributed by atoms with E-state index in [9.17, 15) is 4.79 Å². The fourth-order valence-corrected chi connectivity index (χ4v) is 4.12. The Morgan fingerprint density at radius 2 is 2.28 bits per heavy atom. The second-order valence-electron chi connectivity index (χ2n) is 7.33. The normalized spacial score (nSPS) is 16.6. The number of Topliss-reactive ketones (excluding diaryl/α,β-unsaturated/α-hetero) is 1. The predicted octanol–water partition coefficient (Wildman–Crippen LogP) is 3.77. The lowest BCUT2D eigenvalue weighted by Gasteiger charge is -2.33. The summed E-state index contributed by atoms with van der Waals surface area (Å²) >= 11 is 6.01. The molecule has 0 unspecified atom stereocenters. The van der Waals surface area contributed by atoms with Gasteiger partial charge in [0.25, 0.3) is 0 Å². The van der Waals surface area contributed by atoms with Crippen molar-refractivity contribution < 1.29 is 4.79 Å². The van der Waals surface area contributed by atoms with Crippen molar-refractivity contribution in [2.45, 2.75) is 19.3 Å². The summed E-state index contributed by atoms with van der Waals surface area (Å²) in [5, 5.41) is 13.6. The molecule has 8 heteroatoms. The highest BCUT2D eigenvalue weighted by Gasteiger charge is 2.24. The maximum absolute atomic E-state index is 12.5. The molecule has 1 aromatic carbocycles. The van der Waals surface area contributed by atoms with Gasteiger partial charge in [0.2, 0.25) is 0 Å². The van der Waals surface area contributed by atoms with Gasteiger partial charge >= 0.3 is 0 Å². The number of H-pyrrole nitrogens is 1. The number of hydrogen-bond acceptors (Lipinski definition) is 6. The zero-order chi connectivity index (χ0) is 20.2. The van der Waals surface area contributed by atoms with Gasteiger partial charge in [-0.25, -0.2) is 9.97 Å². The molecule has 1 atom stereocenters. The Bertz CT molecular complexity index is 1070. The van der Waals surface area contributed by atoms with Crippen LogP contribution in [0.4, 0.5) is 11.5 Å². The van der Waals surface area contributed by atoms with E-state index in [2.05, 4.69) is 31.2 Å². The number of nitriles is 1. The van der Waals surface area contributed by atoms with Crippen LogP contribution in [0.2, 0.25) is 5.02 Å². The molecule has 29 heavy (non-hydrogen) atoms. The van der Waals surface area contributed by atoms with E-state index in [0.717, 1.165) is 42.8 Å². The van der Waals surface area contributed by atoms with E-state index in [1.807, 2.05) is 12.3 Å². The SMILES string of the molecule is N#Cc1cc(Cl)cc(NCC(=O)C[C@@H]2CCCN(c3ncnc4[nH]ccc34)C2)c1. The number of rotatable bonds is 6. The van der Waals surface area contributed by atoms with Crippen LogP contribution in [0.5, 0.6) is 0 Å². The summed E-state index contributed by atoms with van der Waals surface area (Å²) in [6.07, 6.45) is 6.01. The number of halogens is 1. The first kappa shape index (κ1) is 19.2. The Hall–Kier alpha value is -3.11. The summed E-state index contributed by atoms with van der Waals surface area (Å²) in [5.41, 5.74) is 1.98. The molecule has 2 N–H and O–H groups in total. The predicted molar refractivity (Wildman–Crippen MR) is 113 cm³/mol. The summed E-state index contributed by atoms with van der Waals surface area (Å²) in [7, 11) is 0.